The van der Waals surface area contributed by atoms with Gasteiger partial charge < -0.3 is 5.73 Å². The predicted molar refractivity (Wildman–Crippen MR) is 125 cm³/mol. The Morgan fingerprint density at radius 2 is 2.09 bits per heavy atom. The zero-order chi connectivity index (χ0) is 22.5. The first-order valence-electron chi connectivity index (χ1n) is 10.8. The van der Waals surface area contributed by atoms with Gasteiger partial charge in [-0.2, -0.15) is 9.78 Å². The van der Waals surface area contributed by atoms with Crippen molar-refractivity contribution < 1.29 is 9.42 Å². The predicted octanol–water partition coefficient (Wildman–Crippen LogP) is 2.35. The Labute approximate surface area is 197 Å². The molecular weight excluding hydrogens is 446 g/mol. The van der Waals surface area contributed by atoms with Gasteiger partial charge in [0.2, 0.25) is 11.6 Å². The molecule has 176 valence electrons. The summed E-state index contributed by atoms with van der Waals surface area (Å²) in [5, 5.41) is 19.7. The van der Waals surface area contributed by atoms with Crippen molar-refractivity contribution >= 4 is 30.3 Å². The number of aryl methyl sites for hydroxylation is 1. The molecule has 12 heteroatoms. The summed E-state index contributed by atoms with van der Waals surface area (Å²) in [6, 6.07) is 8.34. The van der Waals surface area contributed by atoms with E-state index in [1.165, 1.54) is 16.7 Å². The number of piperidine rings is 1. The third kappa shape index (κ3) is 5.55. The molecule has 1 aliphatic rings. The summed E-state index contributed by atoms with van der Waals surface area (Å²) in [6.45, 7) is 5.66. The van der Waals surface area contributed by atoms with Crippen molar-refractivity contribution in [1.82, 2.24) is 35.6 Å². The summed E-state index contributed by atoms with van der Waals surface area (Å²) in [7, 11) is 0. The van der Waals surface area contributed by atoms with Gasteiger partial charge in [-0.1, -0.05) is 42.8 Å². The number of nitrogens with one attached hydrogen (secondary N) is 1. The molecule has 1 fully saturated rings. The fourth-order valence-corrected chi connectivity index (χ4v) is 3.77. The molecule has 1 aromatic carbocycles. The van der Waals surface area contributed by atoms with Crippen molar-refractivity contribution in [3.8, 4) is 5.82 Å². The number of aromatic nitrogens is 5. The van der Waals surface area contributed by atoms with Crippen LogP contribution in [0.15, 0.2) is 34.0 Å². The van der Waals surface area contributed by atoms with Crippen molar-refractivity contribution in [1.29, 1.82) is 0 Å². The van der Waals surface area contributed by atoms with E-state index in [4.69, 9.17) is 10.4 Å². The molecule has 1 saturated heterocycles. The van der Waals surface area contributed by atoms with E-state index in [9.17, 15) is 4.79 Å². The highest BCUT2D eigenvalue weighted by Crippen LogP contribution is 2.22. The Kier molecular flexibility index (Phi) is 8.12. The maximum atomic E-state index is 12.9. The lowest BCUT2D eigenvalue weighted by Gasteiger charge is -2.33. The monoisotopic (exact) mass is 473 g/mol. The topological polar surface area (TPSA) is 140 Å². The summed E-state index contributed by atoms with van der Waals surface area (Å²) in [4.78, 5) is 15.2. The van der Waals surface area contributed by atoms with Crippen LogP contribution in [0, 0.1) is 0 Å². The van der Waals surface area contributed by atoms with Gasteiger partial charge in [0.1, 0.15) is 0 Å². The number of nitrogens with zero attached hydrogens (tertiary/aromatic N) is 7. The van der Waals surface area contributed by atoms with Gasteiger partial charge in [-0.15, -0.1) is 17.5 Å². The van der Waals surface area contributed by atoms with E-state index >= 15 is 0 Å². The Hall–Kier alpha value is -3.31. The van der Waals surface area contributed by atoms with Gasteiger partial charge in [0.25, 0.3) is 5.91 Å². The van der Waals surface area contributed by atoms with E-state index in [0.29, 0.717) is 18.3 Å². The summed E-state index contributed by atoms with van der Waals surface area (Å²) >= 11 is 0. The minimum atomic E-state index is -0.465. The fraction of sp³-hybridized carbons (Fsp3) is 0.429. The van der Waals surface area contributed by atoms with E-state index in [0.717, 1.165) is 31.4 Å². The van der Waals surface area contributed by atoms with Crippen molar-refractivity contribution in [3.05, 3.63) is 46.8 Å². The zero-order valence-electron chi connectivity index (χ0n) is 18.6. The molecule has 3 heterocycles. The van der Waals surface area contributed by atoms with Crippen molar-refractivity contribution in [3.63, 3.8) is 0 Å². The lowest BCUT2D eigenvalue weighted by molar-refractivity contribution is 0.0945. The Balaban J connectivity index is 0.00000306. The molecular formula is C21H28ClN9O2. The van der Waals surface area contributed by atoms with Crippen LogP contribution in [0.1, 0.15) is 60.4 Å². The summed E-state index contributed by atoms with van der Waals surface area (Å²) < 4.78 is 6.13. The number of nitrogens with two attached hydrogens (primary N) is 1. The molecule has 1 unspecified atom stereocenters. The number of hydrogen-bond donors (Lipinski definition) is 2. The second kappa shape index (κ2) is 11.0. The van der Waals surface area contributed by atoms with E-state index in [2.05, 4.69) is 49.9 Å². The smallest absolute Gasteiger partial charge is 0.293 e. The van der Waals surface area contributed by atoms with Gasteiger partial charge >= 0.3 is 0 Å². The quantitative estimate of drug-likeness (QED) is 0.393. The summed E-state index contributed by atoms with van der Waals surface area (Å²) in [5.74, 6) is -0.188. The molecule has 0 radical (unpaired) electrons. The van der Waals surface area contributed by atoms with Crippen LogP contribution < -0.4 is 11.2 Å². The van der Waals surface area contributed by atoms with Crippen LogP contribution in [0.5, 0.6) is 0 Å². The minimum absolute atomic E-state index is 0. The first-order chi connectivity index (χ1) is 15.6. The van der Waals surface area contributed by atoms with Crippen molar-refractivity contribution in [2.24, 2.45) is 5.10 Å². The number of carbonyl (C=O) groups is 1. The molecule has 3 N–H and O–H groups in total. The number of rotatable bonds is 7. The number of benzene rings is 1. The average Bonchev–Trinajstić information content (AvgIpc) is 3.41. The molecule has 0 saturated carbocycles. The molecule has 2 aromatic heterocycles. The standard InChI is InChI=1S/C21H27N9O2.ClH/c1-3-15-7-9-16(10-8-15)12-23-25-21(31)18-17(13-29-11-5-4-6-14(29)2)30(28-24-18)20-19(22)26-32-27-20;/h7-10,12,14H,3-6,11,13H2,1-2H3,(H2,22,26)(H,25,31);1H/b23-12-;. The van der Waals surface area contributed by atoms with E-state index in [1.807, 2.05) is 24.3 Å². The molecule has 1 atom stereocenters. The number of amides is 1. The number of hydrazone groups is 1. The minimum Gasteiger partial charge on any atom is -0.378 e. The Bertz CT molecular complexity index is 1090. The van der Waals surface area contributed by atoms with Crippen LogP contribution in [-0.4, -0.2) is 54.9 Å². The number of halogens is 1. The molecule has 0 aliphatic carbocycles. The van der Waals surface area contributed by atoms with Gasteiger partial charge in [-0.3, -0.25) is 9.69 Å². The lowest BCUT2D eigenvalue weighted by atomic mass is 10.0. The highest BCUT2D eigenvalue weighted by molar-refractivity contribution is 5.94. The maximum Gasteiger partial charge on any atom is 0.293 e. The average molecular weight is 474 g/mol. The zero-order valence-corrected chi connectivity index (χ0v) is 19.5. The molecule has 1 aliphatic heterocycles. The molecule has 0 bridgehead atoms. The third-order valence-electron chi connectivity index (χ3n) is 5.74. The molecule has 33 heavy (non-hydrogen) atoms. The van der Waals surface area contributed by atoms with Crippen molar-refractivity contribution in [2.45, 2.75) is 52.1 Å². The Morgan fingerprint density at radius 3 is 2.76 bits per heavy atom. The summed E-state index contributed by atoms with van der Waals surface area (Å²) in [6.07, 6.45) is 5.94. The second-order valence-electron chi connectivity index (χ2n) is 7.88. The first-order valence-corrected chi connectivity index (χ1v) is 10.8. The summed E-state index contributed by atoms with van der Waals surface area (Å²) in [5.41, 5.74) is 11.2. The van der Waals surface area contributed by atoms with Gasteiger partial charge in [0.05, 0.1) is 11.9 Å². The number of anilines is 1. The van der Waals surface area contributed by atoms with Crippen LogP contribution in [-0.2, 0) is 13.0 Å². The van der Waals surface area contributed by atoms with E-state index < -0.39 is 5.91 Å². The van der Waals surface area contributed by atoms with Gasteiger partial charge in [0, 0.05) is 12.6 Å². The maximum absolute atomic E-state index is 12.9. The molecule has 0 spiro atoms. The van der Waals surface area contributed by atoms with Crippen LogP contribution in [0.2, 0.25) is 0 Å². The van der Waals surface area contributed by atoms with Crippen molar-refractivity contribution in [2.75, 3.05) is 12.3 Å². The van der Waals surface area contributed by atoms with Gasteiger partial charge in [-0.05, 0) is 54.2 Å². The SMILES string of the molecule is CCc1ccc(/C=N\NC(=O)c2nnn(-c3nonc3N)c2CN2CCCCC2C)cc1.Cl. The molecule has 11 nitrogen and oxygen atoms in total. The number of likely N-dealkylation sites (tertiary alicyclic amines) is 1. The highest BCUT2D eigenvalue weighted by Gasteiger charge is 2.27. The second-order valence-corrected chi connectivity index (χ2v) is 7.88. The number of carbonyl (C=O) groups excluding carboxylic acids is 1. The molecule has 4 rings (SSSR count). The van der Waals surface area contributed by atoms with Crippen LogP contribution in [0.3, 0.4) is 0 Å². The Morgan fingerprint density at radius 1 is 1.30 bits per heavy atom. The first kappa shape index (κ1) is 24.3. The van der Waals surface area contributed by atoms with Gasteiger partial charge in [-0.25, -0.2) is 10.1 Å². The lowest BCUT2D eigenvalue weighted by Crippen LogP contribution is -2.38. The highest BCUT2D eigenvalue weighted by atomic mass is 35.5. The van der Waals surface area contributed by atoms with Crippen LogP contribution in [0.25, 0.3) is 5.82 Å². The molecule has 3 aromatic rings. The van der Waals surface area contributed by atoms with Crippen LogP contribution >= 0.6 is 12.4 Å². The fourth-order valence-electron chi connectivity index (χ4n) is 3.77. The normalized spacial score (nSPS) is 16.6. The van der Waals surface area contributed by atoms with E-state index in [1.54, 1.807) is 6.21 Å². The number of hydrogen-bond acceptors (Lipinski definition) is 9. The van der Waals surface area contributed by atoms with Crippen LogP contribution in [0.4, 0.5) is 5.82 Å². The molecule has 1 amide bonds. The van der Waals surface area contributed by atoms with Gasteiger partial charge in [0.15, 0.2) is 5.69 Å². The largest absolute Gasteiger partial charge is 0.378 e. The van der Waals surface area contributed by atoms with E-state index in [-0.39, 0.29) is 29.7 Å². The third-order valence-corrected chi connectivity index (χ3v) is 5.74. The number of nitrogen functional groups attached to an aromatic ring is 1.